The van der Waals surface area contributed by atoms with Crippen molar-refractivity contribution in [1.82, 2.24) is 0 Å². The number of anilines is 1. The minimum atomic E-state index is -0.719. The molecule has 1 saturated heterocycles. The van der Waals surface area contributed by atoms with Gasteiger partial charge in [0.1, 0.15) is 5.69 Å². The van der Waals surface area contributed by atoms with Crippen LogP contribution in [0.25, 0.3) is 0 Å². The van der Waals surface area contributed by atoms with E-state index < -0.39 is 11.0 Å². The van der Waals surface area contributed by atoms with Gasteiger partial charge in [0.05, 0.1) is 23.7 Å². The third kappa shape index (κ3) is 2.91. The largest absolute Gasteiger partial charge is 0.389 e. The lowest BCUT2D eigenvalue weighted by atomic mass is 10.1. The second-order valence-corrected chi connectivity index (χ2v) is 5.33. The maximum Gasteiger partial charge on any atom is 0.292 e. The Morgan fingerprint density at radius 1 is 1.50 bits per heavy atom. The summed E-state index contributed by atoms with van der Waals surface area (Å²) >= 11 is 0. The first kappa shape index (κ1) is 14.7. The van der Waals surface area contributed by atoms with Crippen molar-refractivity contribution in [1.29, 1.82) is 0 Å². The average Bonchev–Trinajstić information content (AvgIpc) is 2.40. The van der Waals surface area contributed by atoms with Crippen LogP contribution in [0.5, 0.6) is 0 Å². The van der Waals surface area contributed by atoms with E-state index >= 15 is 0 Å². The first-order valence-electron chi connectivity index (χ1n) is 6.74. The van der Waals surface area contributed by atoms with Gasteiger partial charge in [0.15, 0.2) is 0 Å². The first-order chi connectivity index (χ1) is 9.40. The van der Waals surface area contributed by atoms with E-state index in [1.165, 1.54) is 6.07 Å². The molecular formula is C14H20N2O4. The molecule has 1 aromatic rings. The van der Waals surface area contributed by atoms with E-state index in [0.717, 1.165) is 0 Å². The monoisotopic (exact) mass is 280 g/mol. The van der Waals surface area contributed by atoms with Gasteiger partial charge in [-0.1, -0.05) is 6.07 Å². The van der Waals surface area contributed by atoms with Crippen LogP contribution in [0.15, 0.2) is 18.2 Å². The van der Waals surface area contributed by atoms with Gasteiger partial charge in [0.2, 0.25) is 0 Å². The van der Waals surface area contributed by atoms with Crippen LogP contribution in [-0.2, 0) is 4.74 Å². The molecule has 1 heterocycles. The highest BCUT2D eigenvalue weighted by atomic mass is 16.6. The highest BCUT2D eigenvalue weighted by Gasteiger charge is 2.29. The minimum Gasteiger partial charge on any atom is -0.389 e. The predicted molar refractivity (Wildman–Crippen MR) is 76.0 cm³/mol. The average molecular weight is 280 g/mol. The fourth-order valence-corrected chi connectivity index (χ4v) is 2.43. The van der Waals surface area contributed by atoms with E-state index in [2.05, 4.69) is 0 Å². The quantitative estimate of drug-likeness (QED) is 0.679. The van der Waals surface area contributed by atoms with Crippen LogP contribution in [0.1, 0.15) is 32.4 Å². The van der Waals surface area contributed by atoms with Gasteiger partial charge in [-0.2, -0.15) is 0 Å². The zero-order valence-corrected chi connectivity index (χ0v) is 11.9. The lowest BCUT2D eigenvalue weighted by molar-refractivity contribution is -0.384. The van der Waals surface area contributed by atoms with Crippen molar-refractivity contribution in [3.8, 4) is 0 Å². The number of hydrogen-bond donors (Lipinski definition) is 1. The van der Waals surface area contributed by atoms with Crippen molar-refractivity contribution in [3.05, 3.63) is 33.9 Å². The highest BCUT2D eigenvalue weighted by molar-refractivity contribution is 5.65. The summed E-state index contributed by atoms with van der Waals surface area (Å²) in [6.07, 6.45) is -0.675. The number of rotatable bonds is 3. The zero-order chi connectivity index (χ0) is 14.9. The zero-order valence-electron chi connectivity index (χ0n) is 11.9. The first-order valence-corrected chi connectivity index (χ1v) is 6.74. The van der Waals surface area contributed by atoms with Crippen LogP contribution in [0.4, 0.5) is 11.4 Å². The Kier molecular flexibility index (Phi) is 4.25. The van der Waals surface area contributed by atoms with Gasteiger partial charge in [-0.3, -0.25) is 10.1 Å². The fourth-order valence-electron chi connectivity index (χ4n) is 2.43. The molecule has 110 valence electrons. The Bertz CT molecular complexity index is 504. The minimum absolute atomic E-state index is 0.0318. The van der Waals surface area contributed by atoms with Crippen molar-refractivity contribution in [2.75, 3.05) is 18.1 Å². The molecule has 1 aliphatic heterocycles. The molecule has 2 rings (SSSR count). The molecule has 0 aliphatic carbocycles. The lowest BCUT2D eigenvalue weighted by Crippen LogP contribution is -2.47. The van der Waals surface area contributed by atoms with Crippen molar-refractivity contribution in [2.45, 2.75) is 39.0 Å². The van der Waals surface area contributed by atoms with E-state index in [0.29, 0.717) is 24.4 Å². The molecule has 0 amide bonds. The standard InChI is InChI=1S/C14H20N2O4/c1-9-8-20-10(2)7-15(9)13-5-4-12(11(3)17)6-14(13)16(18)19/h4-6,9-11,17H,7-8H2,1-3H3/t9?,10?,11-/m1/s1. The summed E-state index contributed by atoms with van der Waals surface area (Å²) in [4.78, 5) is 12.9. The Balaban J connectivity index is 2.42. The highest BCUT2D eigenvalue weighted by Crippen LogP contribution is 2.33. The van der Waals surface area contributed by atoms with Crippen LogP contribution in [-0.4, -0.2) is 35.3 Å². The smallest absolute Gasteiger partial charge is 0.292 e. The number of morpholine rings is 1. The lowest BCUT2D eigenvalue weighted by Gasteiger charge is -2.38. The van der Waals surface area contributed by atoms with Gasteiger partial charge < -0.3 is 14.7 Å². The third-order valence-corrected chi connectivity index (χ3v) is 3.60. The summed E-state index contributed by atoms with van der Waals surface area (Å²) in [5.74, 6) is 0. The summed E-state index contributed by atoms with van der Waals surface area (Å²) < 4.78 is 5.55. The molecule has 0 radical (unpaired) electrons. The van der Waals surface area contributed by atoms with Crippen molar-refractivity contribution in [3.63, 3.8) is 0 Å². The second kappa shape index (κ2) is 5.76. The number of ether oxygens (including phenoxy) is 1. The SMILES string of the molecule is CC1CN(c2ccc([C@@H](C)O)cc2[N+](=O)[O-])C(C)CO1. The fraction of sp³-hybridized carbons (Fsp3) is 0.571. The van der Waals surface area contributed by atoms with E-state index in [1.54, 1.807) is 19.1 Å². The molecular weight excluding hydrogens is 260 g/mol. The van der Waals surface area contributed by atoms with E-state index in [-0.39, 0.29) is 17.8 Å². The molecule has 2 unspecified atom stereocenters. The van der Waals surface area contributed by atoms with Gasteiger partial charge in [0.25, 0.3) is 5.69 Å². The van der Waals surface area contributed by atoms with Crippen molar-refractivity contribution >= 4 is 11.4 Å². The van der Waals surface area contributed by atoms with Crippen molar-refractivity contribution in [2.24, 2.45) is 0 Å². The molecule has 1 aliphatic rings. The molecule has 0 saturated carbocycles. The van der Waals surface area contributed by atoms with Crippen LogP contribution < -0.4 is 4.90 Å². The molecule has 20 heavy (non-hydrogen) atoms. The molecule has 1 fully saturated rings. The van der Waals surface area contributed by atoms with Gasteiger partial charge in [-0.25, -0.2) is 0 Å². The molecule has 1 aromatic carbocycles. The summed E-state index contributed by atoms with van der Waals surface area (Å²) in [5, 5.41) is 20.9. The normalized spacial score (nSPS) is 24.5. The van der Waals surface area contributed by atoms with E-state index in [1.807, 2.05) is 18.7 Å². The predicted octanol–water partition coefficient (Wildman–Crippen LogP) is 2.26. The summed E-state index contributed by atoms with van der Waals surface area (Å²) in [5.41, 5.74) is 1.17. The molecule has 0 bridgehead atoms. The number of nitro benzene ring substituents is 1. The number of nitrogens with zero attached hydrogens (tertiary/aromatic N) is 2. The molecule has 3 atom stereocenters. The Labute approximate surface area is 118 Å². The number of aliphatic hydroxyl groups is 1. The van der Waals surface area contributed by atoms with Gasteiger partial charge in [-0.15, -0.1) is 0 Å². The number of aliphatic hydroxyl groups excluding tert-OH is 1. The molecule has 0 aromatic heterocycles. The third-order valence-electron chi connectivity index (χ3n) is 3.60. The van der Waals surface area contributed by atoms with Crippen LogP contribution in [0.2, 0.25) is 0 Å². The summed E-state index contributed by atoms with van der Waals surface area (Å²) in [6.45, 7) is 6.71. The molecule has 6 heteroatoms. The molecule has 6 nitrogen and oxygen atoms in total. The number of nitro groups is 1. The summed E-state index contributed by atoms with van der Waals surface area (Å²) in [7, 11) is 0. The second-order valence-electron chi connectivity index (χ2n) is 5.33. The van der Waals surface area contributed by atoms with Crippen LogP contribution >= 0.6 is 0 Å². The van der Waals surface area contributed by atoms with Gasteiger partial charge in [-0.05, 0) is 32.4 Å². The van der Waals surface area contributed by atoms with E-state index in [9.17, 15) is 15.2 Å². The Morgan fingerprint density at radius 3 is 2.80 bits per heavy atom. The van der Waals surface area contributed by atoms with Gasteiger partial charge in [0, 0.05) is 18.7 Å². The van der Waals surface area contributed by atoms with Crippen molar-refractivity contribution < 1.29 is 14.8 Å². The molecule has 0 spiro atoms. The van der Waals surface area contributed by atoms with Crippen LogP contribution in [0.3, 0.4) is 0 Å². The topological polar surface area (TPSA) is 75.8 Å². The number of benzene rings is 1. The summed E-state index contributed by atoms with van der Waals surface area (Å²) in [6, 6.07) is 4.99. The Hall–Kier alpha value is -1.66. The maximum absolute atomic E-state index is 11.3. The number of hydrogen-bond acceptors (Lipinski definition) is 5. The molecule has 1 N–H and O–H groups in total. The Morgan fingerprint density at radius 2 is 2.20 bits per heavy atom. The maximum atomic E-state index is 11.3. The van der Waals surface area contributed by atoms with Gasteiger partial charge >= 0.3 is 0 Å². The van der Waals surface area contributed by atoms with E-state index in [4.69, 9.17) is 4.74 Å². The van der Waals surface area contributed by atoms with Crippen LogP contribution in [0, 0.1) is 10.1 Å².